The van der Waals surface area contributed by atoms with Gasteiger partial charge in [0.25, 0.3) is 17.7 Å². The maximum atomic E-state index is 14.3. The van der Waals surface area contributed by atoms with Gasteiger partial charge in [0, 0.05) is 32.2 Å². The number of Topliss-reactive ketones (excluding diaryl/α,β-unsaturated/α-hetero) is 3. The molecule has 3 aliphatic heterocycles. The predicted molar refractivity (Wildman–Crippen MR) is 513 cm³/mol. The Bertz CT molecular complexity index is 4710. The van der Waals surface area contributed by atoms with Crippen LogP contribution in [-0.4, -0.2) is 246 Å². The van der Waals surface area contributed by atoms with Crippen LogP contribution in [0.5, 0.6) is 0 Å². The fraction of sp³-hybridized carbons (Fsp3) is 0.760. The summed E-state index contributed by atoms with van der Waals surface area (Å²) in [7, 11) is 1.22. The van der Waals surface area contributed by atoms with Crippen LogP contribution in [0.1, 0.15) is 261 Å². The third kappa shape index (κ3) is 28.7. The van der Waals surface area contributed by atoms with Crippen LogP contribution in [0.25, 0.3) is 0 Å². The number of nitrogens with zero attached hydrogens (tertiary/aromatic N) is 3. The molecule has 0 bridgehead atoms. The Labute approximate surface area is 817 Å². The highest BCUT2D eigenvalue weighted by atomic mass is 16.7. The number of fused-ring (bicyclic) bond motifs is 3. The Morgan fingerprint density at radius 2 is 0.734 bits per heavy atom. The van der Waals surface area contributed by atoms with E-state index in [-0.39, 0.29) is 95.4 Å². The molecule has 39 nitrogen and oxygen atoms in total. The number of piperidine rings is 3. The Hall–Kier alpha value is -10.9. The summed E-state index contributed by atoms with van der Waals surface area (Å²) < 4.78 is 20.6. The van der Waals surface area contributed by atoms with Gasteiger partial charge in [-0.1, -0.05) is 240 Å². The zero-order valence-electron chi connectivity index (χ0n) is 86.1. The monoisotopic (exact) mass is 1950 g/mol. The number of methoxy groups -OCH3 is 1. The molecule has 1 aromatic rings. The fourth-order valence-corrected chi connectivity index (χ4v) is 20.6. The van der Waals surface area contributed by atoms with Gasteiger partial charge in [-0.3, -0.25) is 57.5 Å². The second kappa shape index (κ2) is 44.1. The summed E-state index contributed by atoms with van der Waals surface area (Å²) in [4.78, 5) is 239. The van der Waals surface area contributed by atoms with Crippen molar-refractivity contribution < 1.29 is 105 Å². The number of hydrogen-bond donors (Lipinski definition) is 14. The maximum Gasteiger partial charge on any atom is 0.508 e. The Balaban J connectivity index is 0.000000233. The van der Waals surface area contributed by atoms with Crippen LogP contribution in [0.3, 0.4) is 0 Å². The molecule has 3 heterocycles. The molecule has 139 heavy (non-hydrogen) atoms. The number of rotatable bonds is 36. The highest BCUT2D eigenvalue weighted by molar-refractivity contribution is 6.39. The summed E-state index contributed by atoms with van der Waals surface area (Å²) in [5, 5.41) is 31.0. The van der Waals surface area contributed by atoms with E-state index in [1.165, 1.54) is 21.8 Å². The zero-order chi connectivity index (χ0) is 104. The summed E-state index contributed by atoms with van der Waals surface area (Å²) >= 11 is 0. The SMILES string of the molecule is CC(C)(C)[C@H](NC(=O)N[C@H](COC(=O)NCc1ccccc1)C(C)(C)C)C(=O)N1C[C@H]2[C@@H]([C@H]1C(=O)NC(CC1CC1)C(=O)C(N)=O)C2(C)C.CC(C)NC(=O)OC[C@@H](NC(=O)N[C@H](C(=O)N1C[C@H]2[C@@H]([C@H]1C(=O)NC(CC1CC1)C(=O)C(N)=O)C2(C)C)C(C)(C)C)C(C)(C)C.COC(=O)OCC1(NC(=O)N[C@H](C(=O)N2C[C@H]3[C@@H]([C@H]2C(=O)NC(CC2CCC2)C(=O)C(N)=O)C3(C)C)C(C)(C)C)CCCCC1. The number of nitrogens with one attached hydrogen (secondary N) is 11. The number of nitrogens with two attached hydrogens (primary N) is 3. The second-order valence-corrected chi connectivity index (χ2v) is 47.9. The van der Waals surface area contributed by atoms with Crippen molar-refractivity contribution >= 4 is 107 Å². The lowest BCUT2D eigenvalue weighted by Gasteiger charge is -2.40. The molecule has 7 aliphatic carbocycles. The van der Waals surface area contributed by atoms with E-state index in [4.69, 9.17) is 31.4 Å². The van der Waals surface area contributed by atoms with Gasteiger partial charge in [0.15, 0.2) is 0 Å². The number of primary amides is 3. The van der Waals surface area contributed by atoms with Crippen molar-refractivity contribution in [1.82, 2.24) is 73.2 Å². The van der Waals surface area contributed by atoms with Crippen LogP contribution in [0.4, 0.5) is 28.8 Å². The van der Waals surface area contributed by atoms with Crippen LogP contribution in [0.15, 0.2) is 30.3 Å². The molecule has 17 atom stereocenters. The lowest BCUT2D eigenvalue weighted by molar-refractivity contribution is -0.145. The van der Waals surface area contributed by atoms with Gasteiger partial charge in [-0.15, -0.1) is 0 Å². The lowest BCUT2D eigenvalue weighted by atomic mass is 9.80. The number of hydrogen-bond acceptors (Lipinski definition) is 22. The highest BCUT2D eigenvalue weighted by Gasteiger charge is 2.73. The first-order valence-corrected chi connectivity index (χ1v) is 49.4. The number of ether oxygens (including phenoxy) is 4. The quantitative estimate of drug-likeness (QED) is 0.0177. The van der Waals surface area contributed by atoms with Crippen molar-refractivity contribution in [3.05, 3.63) is 35.9 Å². The fourth-order valence-electron chi connectivity index (χ4n) is 20.6. The smallest absolute Gasteiger partial charge is 0.447 e. The van der Waals surface area contributed by atoms with Gasteiger partial charge < -0.3 is 109 Å². The molecule has 0 spiro atoms. The average molecular weight is 1950 g/mol. The molecule has 0 aromatic heterocycles. The minimum absolute atomic E-state index is 0.0555. The van der Waals surface area contributed by atoms with Crippen LogP contribution in [0, 0.1) is 96.6 Å². The largest absolute Gasteiger partial charge is 0.508 e. The first-order valence-electron chi connectivity index (χ1n) is 49.4. The van der Waals surface area contributed by atoms with Gasteiger partial charge in [0.05, 0.1) is 42.9 Å². The molecule has 3 saturated heterocycles. The average Bonchev–Trinajstić information content (AvgIpc) is 1.53. The molecular weight excluding hydrogens is 1790 g/mol. The summed E-state index contributed by atoms with van der Waals surface area (Å²) in [6, 6.07) is -2.45. The van der Waals surface area contributed by atoms with E-state index >= 15 is 0 Å². The maximum absolute atomic E-state index is 14.3. The minimum atomic E-state index is -1.11. The number of amides is 17. The molecule has 10 fully saturated rings. The van der Waals surface area contributed by atoms with Crippen molar-refractivity contribution in [3.8, 4) is 0 Å². The Morgan fingerprint density at radius 1 is 0.403 bits per heavy atom. The van der Waals surface area contributed by atoms with E-state index in [1.54, 1.807) is 0 Å². The Morgan fingerprint density at radius 3 is 1.03 bits per heavy atom. The standard InChI is InChI=1S/C36H54N6O7.C32H54N6O7.C32H51N5O8/c1-34(2,3)24(19-49-33(48)38-17-21-12-10-9-11-13-21)40-32(47)41-28(35(4,5)6)31(46)42-18-22-25(36(22,7)8)26(42)30(45)39-23(16-20-14-15-20)27(43)29(37)44;1-16(2)34-29(44)45-15-20(30(3,4)5)36-28(43)37-24(31(6,7)8)27(42)38-14-18-21(32(18,9)10)22(38)26(41)35-19(13-17-11-12-17)23(39)25(33)40;1-30(2,3)24(35-28(42)36-32(13-8-7-9-14-32)17-45-29(43)44-6)27(41)37-16-19-21(31(19,4)5)22(37)26(40)34-20(23(38)25(33)39)15-18-11-10-12-18/h9-13,20,22-26,28H,14-19H2,1-8H3,(H2,37,44)(H,38,48)(H,39,45)(H2,40,41,47);16-22,24H,11-15H2,1-10H3,(H2,33,40)(H,34,44)(H,35,41)(H2,36,37,43);18-22,24H,7-17H2,1-6H3,(H2,33,39)(H,34,40)(H2,35,36,42)/t22-,23?,24+,25-,26-,28+;18-,19?,20+,21-,22-,24+;19-,20?,21-,22-,24+/m000/s1. The second-order valence-electron chi connectivity index (χ2n) is 47.9. The van der Waals surface area contributed by atoms with Gasteiger partial charge >= 0.3 is 36.4 Å². The van der Waals surface area contributed by atoms with Gasteiger partial charge in [0.2, 0.25) is 52.8 Å². The van der Waals surface area contributed by atoms with E-state index in [0.717, 1.165) is 69.8 Å². The lowest BCUT2D eigenvalue weighted by Crippen LogP contribution is -2.63. The highest BCUT2D eigenvalue weighted by Crippen LogP contribution is 2.67. The topological polar surface area (TPSA) is 564 Å². The summed E-state index contributed by atoms with van der Waals surface area (Å²) in [5.74, 6) is -8.08. The molecule has 17 N–H and O–H groups in total. The molecule has 39 heteroatoms. The molecule has 1 aromatic carbocycles. The molecule has 10 aliphatic rings. The molecule has 17 amide bonds. The van der Waals surface area contributed by atoms with Crippen molar-refractivity contribution in [1.29, 1.82) is 0 Å². The van der Waals surface area contributed by atoms with Crippen molar-refractivity contribution in [2.24, 2.45) is 114 Å². The molecule has 776 valence electrons. The number of benzene rings is 1. The van der Waals surface area contributed by atoms with Gasteiger partial charge in [-0.25, -0.2) is 28.8 Å². The number of carbonyl (C=O) groups is 18. The van der Waals surface area contributed by atoms with E-state index < -0.39 is 206 Å². The van der Waals surface area contributed by atoms with E-state index in [2.05, 4.69) is 77.1 Å². The minimum Gasteiger partial charge on any atom is -0.447 e. The molecule has 3 unspecified atom stereocenters. The number of ketones is 3. The number of carbonyl (C=O) groups excluding carboxylic acids is 18. The number of urea groups is 3. The van der Waals surface area contributed by atoms with Crippen LogP contribution < -0.4 is 75.7 Å². The van der Waals surface area contributed by atoms with Gasteiger partial charge in [-0.2, -0.15) is 0 Å². The molecule has 11 rings (SSSR count). The molecular formula is C100H159N17O22. The van der Waals surface area contributed by atoms with Gasteiger partial charge in [-0.05, 0) is 148 Å². The Kier molecular flexibility index (Phi) is 35.4. The third-order valence-electron chi connectivity index (χ3n) is 30.4. The first kappa shape index (κ1) is 112. The first-order chi connectivity index (χ1) is 64.3. The van der Waals surface area contributed by atoms with Crippen LogP contribution in [-0.2, 0) is 83.0 Å². The van der Waals surface area contributed by atoms with Crippen molar-refractivity contribution in [3.63, 3.8) is 0 Å². The number of alkyl carbamates (subject to hydrolysis) is 2. The summed E-state index contributed by atoms with van der Waals surface area (Å²) in [6.45, 7) is 44.8. The van der Waals surface area contributed by atoms with Crippen molar-refractivity contribution in [2.75, 3.05) is 46.6 Å². The van der Waals surface area contributed by atoms with E-state index in [1.807, 2.05) is 176 Å². The predicted octanol–water partition coefficient (Wildman–Crippen LogP) is 7.33. The normalized spacial score (nSPS) is 24.4. The number of likely N-dealkylation sites (tertiary alicyclic amines) is 3. The third-order valence-corrected chi connectivity index (χ3v) is 30.4. The van der Waals surface area contributed by atoms with Gasteiger partial charge in [0.1, 0.15) is 56.1 Å². The zero-order valence-corrected chi connectivity index (χ0v) is 86.1. The summed E-state index contributed by atoms with van der Waals surface area (Å²) in [5.41, 5.74) is 12.2. The summed E-state index contributed by atoms with van der Waals surface area (Å²) in [6.07, 6.45) is 9.34. The van der Waals surface area contributed by atoms with Crippen molar-refractivity contribution in [2.45, 2.75) is 340 Å². The van der Waals surface area contributed by atoms with Crippen LogP contribution >= 0.6 is 0 Å². The molecule has 7 saturated carbocycles. The van der Waals surface area contributed by atoms with E-state index in [0.29, 0.717) is 58.3 Å². The van der Waals surface area contributed by atoms with Crippen LogP contribution in [0.2, 0.25) is 0 Å². The van der Waals surface area contributed by atoms with E-state index in [9.17, 15) is 86.3 Å². The molecule has 0 radical (unpaired) electrons.